The highest BCUT2D eigenvalue weighted by Gasteiger charge is 2.20. The zero-order chi connectivity index (χ0) is 12.6. The highest BCUT2D eigenvalue weighted by Crippen LogP contribution is 2.06. The molecule has 0 rings (SSSR count). The predicted molar refractivity (Wildman–Crippen MR) is 61.7 cm³/mol. The van der Waals surface area contributed by atoms with Crippen molar-refractivity contribution in [2.45, 2.75) is 38.6 Å². The molecule has 1 atom stereocenters. The summed E-state index contributed by atoms with van der Waals surface area (Å²) in [5, 5.41) is 8.99. The van der Waals surface area contributed by atoms with E-state index in [9.17, 15) is 9.59 Å². The number of carbonyl (C=O) groups is 2. The van der Waals surface area contributed by atoms with Crippen molar-refractivity contribution in [2.75, 3.05) is 7.05 Å². The van der Waals surface area contributed by atoms with Gasteiger partial charge in [-0.15, -0.1) is 0 Å². The van der Waals surface area contributed by atoms with Crippen LogP contribution in [-0.2, 0) is 9.59 Å². The number of rotatable bonds is 8. The summed E-state index contributed by atoms with van der Waals surface area (Å²) in [6.07, 6.45) is 5.90. The maximum atomic E-state index is 11.0. The van der Waals surface area contributed by atoms with Crippen molar-refractivity contribution in [3.05, 3.63) is 12.3 Å². The van der Waals surface area contributed by atoms with Gasteiger partial charge in [0.05, 0.1) is 0 Å². The normalized spacial score (nSPS) is 12.6. The molecule has 0 fully saturated rings. The monoisotopic (exact) mass is 228 g/mol. The molecule has 0 spiro atoms. The fourth-order valence-electron chi connectivity index (χ4n) is 1.29. The van der Waals surface area contributed by atoms with E-state index >= 15 is 0 Å². The molecular weight excluding hydrogens is 208 g/mol. The van der Waals surface area contributed by atoms with Crippen LogP contribution in [0.25, 0.3) is 0 Å². The molecule has 0 aromatic carbocycles. The van der Waals surface area contributed by atoms with Crippen molar-refractivity contribution in [2.24, 2.45) is 5.73 Å². The third-order valence-electron chi connectivity index (χ3n) is 2.24. The molecule has 3 N–H and O–H groups in total. The Morgan fingerprint density at radius 1 is 1.50 bits per heavy atom. The molecule has 0 aliphatic heterocycles. The van der Waals surface area contributed by atoms with Gasteiger partial charge in [-0.3, -0.25) is 4.79 Å². The fraction of sp³-hybridized carbons (Fsp3) is 0.636. The Kier molecular flexibility index (Phi) is 7.00. The van der Waals surface area contributed by atoms with Crippen molar-refractivity contribution >= 4 is 11.9 Å². The lowest BCUT2D eigenvalue weighted by Crippen LogP contribution is -2.35. The van der Waals surface area contributed by atoms with E-state index in [-0.39, 0.29) is 12.8 Å². The number of likely N-dealkylation sites (N-methyl/N-ethyl adjacent to an activating group) is 1. The molecular formula is C11H20N2O3. The Morgan fingerprint density at radius 3 is 2.56 bits per heavy atom. The van der Waals surface area contributed by atoms with Crippen LogP contribution in [0.15, 0.2) is 12.3 Å². The van der Waals surface area contributed by atoms with Crippen molar-refractivity contribution in [3.8, 4) is 0 Å². The van der Waals surface area contributed by atoms with Crippen molar-refractivity contribution in [3.63, 3.8) is 0 Å². The molecule has 0 aromatic heterocycles. The Bertz CT molecular complexity index is 264. The molecule has 92 valence electrons. The van der Waals surface area contributed by atoms with Gasteiger partial charge < -0.3 is 15.7 Å². The Labute approximate surface area is 95.9 Å². The summed E-state index contributed by atoms with van der Waals surface area (Å²) in [6.45, 7) is 2.05. The van der Waals surface area contributed by atoms with E-state index in [1.165, 1.54) is 0 Å². The number of primary amides is 1. The van der Waals surface area contributed by atoms with Crippen LogP contribution < -0.4 is 5.73 Å². The van der Waals surface area contributed by atoms with E-state index in [0.29, 0.717) is 0 Å². The van der Waals surface area contributed by atoms with Gasteiger partial charge in [-0.2, -0.15) is 0 Å². The lowest BCUT2D eigenvalue weighted by Gasteiger charge is -2.22. The average molecular weight is 228 g/mol. The number of carbonyl (C=O) groups excluding carboxylic acids is 1. The van der Waals surface area contributed by atoms with Crippen LogP contribution in [0.3, 0.4) is 0 Å². The van der Waals surface area contributed by atoms with Crippen LogP contribution in [0.1, 0.15) is 32.6 Å². The molecule has 0 bridgehead atoms. The van der Waals surface area contributed by atoms with Crippen LogP contribution in [0.4, 0.5) is 0 Å². The van der Waals surface area contributed by atoms with Gasteiger partial charge in [0.15, 0.2) is 0 Å². The first kappa shape index (κ1) is 14.5. The number of carboxylic acids is 1. The van der Waals surface area contributed by atoms with Crippen molar-refractivity contribution in [1.82, 2.24) is 4.90 Å². The van der Waals surface area contributed by atoms with E-state index in [4.69, 9.17) is 10.8 Å². The Morgan fingerprint density at radius 2 is 2.12 bits per heavy atom. The van der Waals surface area contributed by atoms with Gasteiger partial charge in [0.1, 0.15) is 6.04 Å². The van der Waals surface area contributed by atoms with E-state index < -0.39 is 17.9 Å². The highest BCUT2D eigenvalue weighted by molar-refractivity contribution is 5.77. The summed E-state index contributed by atoms with van der Waals surface area (Å²) in [4.78, 5) is 23.2. The van der Waals surface area contributed by atoms with E-state index in [2.05, 4.69) is 0 Å². The van der Waals surface area contributed by atoms with Crippen LogP contribution in [0.5, 0.6) is 0 Å². The molecule has 16 heavy (non-hydrogen) atoms. The SMILES string of the molecule is CCCC=CN(C)[C@@H](CCC(N)=O)C(=O)O. The summed E-state index contributed by atoms with van der Waals surface area (Å²) >= 11 is 0. The Hall–Kier alpha value is -1.52. The molecule has 0 saturated carbocycles. The van der Waals surface area contributed by atoms with Gasteiger partial charge >= 0.3 is 5.97 Å². The zero-order valence-electron chi connectivity index (χ0n) is 9.85. The molecule has 0 aromatic rings. The molecule has 5 nitrogen and oxygen atoms in total. The molecule has 5 heteroatoms. The highest BCUT2D eigenvalue weighted by atomic mass is 16.4. The number of hydrogen-bond acceptors (Lipinski definition) is 3. The van der Waals surface area contributed by atoms with Crippen LogP contribution in [0.2, 0.25) is 0 Å². The number of aliphatic carboxylic acids is 1. The quantitative estimate of drug-likeness (QED) is 0.648. The minimum absolute atomic E-state index is 0.0862. The average Bonchev–Trinajstić information content (AvgIpc) is 2.17. The smallest absolute Gasteiger partial charge is 0.326 e. The predicted octanol–water partition coefficient (Wildman–Crippen LogP) is 0.951. The molecule has 0 radical (unpaired) electrons. The number of hydrogen-bond donors (Lipinski definition) is 2. The summed E-state index contributed by atoms with van der Waals surface area (Å²) in [7, 11) is 1.69. The lowest BCUT2D eigenvalue weighted by atomic mass is 10.1. The summed E-state index contributed by atoms with van der Waals surface area (Å²) in [5.74, 6) is -1.41. The topological polar surface area (TPSA) is 83.6 Å². The number of amides is 1. The van der Waals surface area contributed by atoms with Gasteiger partial charge in [-0.1, -0.05) is 19.4 Å². The first-order valence-electron chi connectivity index (χ1n) is 5.38. The molecule has 0 saturated heterocycles. The van der Waals surface area contributed by atoms with Crippen LogP contribution >= 0.6 is 0 Å². The lowest BCUT2D eigenvalue weighted by molar-refractivity contribution is -0.142. The fourth-order valence-corrected chi connectivity index (χ4v) is 1.29. The molecule has 0 aliphatic carbocycles. The zero-order valence-corrected chi connectivity index (χ0v) is 9.85. The maximum Gasteiger partial charge on any atom is 0.326 e. The third-order valence-corrected chi connectivity index (χ3v) is 2.24. The largest absolute Gasteiger partial charge is 0.480 e. The third kappa shape index (κ3) is 6.06. The molecule has 0 heterocycles. The standard InChI is InChI=1S/C11H20N2O3/c1-3-4-5-8-13(2)9(11(15)16)6-7-10(12)14/h5,8-9H,3-4,6-7H2,1-2H3,(H2,12,14)(H,15,16)/t9-/m0/s1. The summed E-state index contributed by atoms with van der Waals surface area (Å²) < 4.78 is 0. The molecule has 0 unspecified atom stereocenters. The summed E-state index contributed by atoms with van der Waals surface area (Å²) in [6, 6.07) is -0.694. The number of nitrogens with zero attached hydrogens (tertiary/aromatic N) is 1. The minimum atomic E-state index is -0.940. The number of carboxylic acid groups (broad SMARTS) is 1. The molecule has 1 amide bonds. The van der Waals surface area contributed by atoms with Gasteiger partial charge in [-0.05, 0) is 19.0 Å². The van der Waals surface area contributed by atoms with E-state index in [1.807, 2.05) is 13.0 Å². The number of unbranched alkanes of at least 4 members (excludes halogenated alkanes) is 1. The second-order valence-corrected chi connectivity index (χ2v) is 3.70. The van der Waals surface area contributed by atoms with Crippen molar-refractivity contribution in [1.29, 1.82) is 0 Å². The summed E-state index contributed by atoms with van der Waals surface area (Å²) in [5.41, 5.74) is 4.99. The first-order valence-corrected chi connectivity index (χ1v) is 5.38. The Balaban J connectivity index is 4.29. The van der Waals surface area contributed by atoms with Crippen molar-refractivity contribution < 1.29 is 14.7 Å². The number of allylic oxidation sites excluding steroid dienone is 1. The number of nitrogens with two attached hydrogens (primary N) is 1. The van der Waals surface area contributed by atoms with E-state index in [0.717, 1.165) is 12.8 Å². The first-order chi connectivity index (χ1) is 7.49. The van der Waals surface area contributed by atoms with E-state index in [1.54, 1.807) is 18.1 Å². The van der Waals surface area contributed by atoms with Gasteiger partial charge in [0.2, 0.25) is 5.91 Å². The van der Waals surface area contributed by atoms with Crippen LogP contribution in [-0.4, -0.2) is 35.0 Å². The molecule has 0 aliphatic rings. The van der Waals surface area contributed by atoms with Crippen LogP contribution in [0, 0.1) is 0 Å². The van der Waals surface area contributed by atoms with Gasteiger partial charge in [0, 0.05) is 13.5 Å². The van der Waals surface area contributed by atoms with Gasteiger partial charge in [0.25, 0.3) is 0 Å². The second-order valence-electron chi connectivity index (χ2n) is 3.70. The second kappa shape index (κ2) is 7.73. The minimum Gasteiger partial charge on any atom is -0.480 e. The maximum absolute atomic E-state index is 11.0. The van der Waals surface area contributed by atoms with Gasteiger partial charge in [-0.25, -0.2) is 4.79 Å².